The number of carbonyl (C=O) groups is 1. The molecule has 2 aromatic carbocycles. The quantitative estimate of drug-likeness (QED) is 0.750. The van der Waals surface area contributed by atoms with Crippen molar-refractivity contribution in [1.82, 2.24) is 4.98 Å². The van der Waals surface area contributed by atoms with E-state index < -0.39 is 0 Å². The number of anilines is 3. The summed E-state index contributed by atoms with van der Waals surface area (Å²) in [7, 11) is 0. The molecule has 0 spiro atoms. The second-order valence-corrected chi connectivity index (χ2v) is 5.57. The maximum atomic E-state index is 12.2. The topological polar surface area (TPSA) is 77.8 Å². The van der Waals surface area contributed by atoms with Gasteiger partial charge in [0.15, 0.2) is 0 Å². The number of hydrogen-bond donors (Lipinski definition) is 2. The van der Waals surface area contributed by atoms with Crippen LogP contribution in [0.15, 0.2) is 66.9 Å². The maximum absolute atomic E-state index is 12.2. The summed E-state index contributed by atoms with van der Waals surface area (Å²) >= 11 is 0. The zero-order chi connectivity index (χ0) is 17.6. The number of benzene rings is 2. The molecule has 1 aromatic heterocycles. The molecule has 3 aromatic rings. The van der Waals surface area contributed by atoms with E-state index in [0.717, 1.165) is 11.4 Å². The molecule has 0 radical (unpaired) electrons. The molecule has 0 saturated carbocycles. The van der Waals surface area contributed by atoms with Gasteiger partial charge in [0.25, 0.3) is 5.91 Å². The van der Waals surface area contributed by atoms with Crippen LogP contribution in [-0.4, -0.2) is 10.9 Å². The second kappa shape index (κ2) is 7.28. The van der Waals surface area contributed by atoms with Gasteiger partial charge in [0, 0.05) is 11.4 Å². The number of rotatable bonds is 4. The van der Waals surface area contributed by atoms with Crippen LogP contribution in [0.1, 0.15) is 21.6 Å². The van der Waals surface area contributed by atoms with Crippen LogP contribution in [0.3, 0.4) is 0 Å². The summed E-state index contributed by atoms with van der Waals surface area (Å²) < 4.78 is 0. The first-order valence-corrected chi connectivity index (χ1v) is 7.75. The Morgan fingerprint density at radius 3 is 2.16 bits per heavy atom. The van der Waals surface area contributed by atoms with Crippen molar-refractivity contribution in [3.05, 3.63) is 83.7 Å². The number of pyridine rings is 1. The highest BCUT2D eigenvalue weighted by Gasteiger charge is 2.08. The predicted molar refractivity (Wildman–Crippen MR) is 97.8 cm³/mol. The maximum Gasteiger partial charge on any atom is 0.274 e. The second-order valence-electron chi connectivity index (χ2n) is 5.57. The lowest BCUT2D eigenvalue weighted by Crippen LogP contribution is -2.13. The number of nitrogens with zero attached hydrogens (tertiary/aromatic N) is 2. The lowest BCUT2D eigenvalue weighted by Gasteiger charge is -2.08. The third kappa shape index (κ3) is 4.21. The van der Waals surface area contributed by atoms with Gasteiger partial charge in [0.05, 0.1) is 23.5 Å². The number of hydrogen-bond acceptors (Lipinski definition) is 4. The van der Waals surface area contributed by atoms with Crippen LogP contribution in [0.2, 0.25) is 0 Å². The van der Waals surface area contributed by atoms with Gasteiger partial charge >= 0.3 is 0 Å². The molecule has 25 heavy (non-hydrogen) atoms. The van der Waals surface area contributed by atoms with E-state index in [1.807, 2.05) is 37.3 Å². The Morgan fingerprint density at radius 2 is 1.56 bits per heavy atom. The van der Waals surface area contributed by atoms with Crippen molar-refractivity contribution in [2.75, 3.05) is 10.6 Å². The average molecular weight is 328 g/mol. The van der Waals surface area contributed by atoms with Gasteiger partial charge in [-0.05, 0) is 55.5 Å². The van der Waals surface area contributed by atoms with E-state index >= 15 is 0 Å². The standard InChI is InChI=1S/C20H16N4O/c1-14-2-6-16(7-3-14)23-18-10-11-19(22-13-18)20(25)24-17-8-4-15(12-21)5-9-17/h2-11,13,23H,1H3,(H,24,25). The van der Waals surface area contributed by atoms with Gasteiger partial charge in [0.2, 0.25) is 0 Å². The molecule has 1 amide bonds. The minimum Gasteiger partial charge on any atom is -0.354 e. The van der Waals surface area contributed by atoms with Crippen molar-refractivity contribution < 1.29 is 4.79 Å². The molecule has 5 nitrogen and oxygen atoms in total. The molecular weight excluding hydrogens is 312 g/mol. The lowest BCUT2D eigenvalue weighted by atomic mass is 10.2. The molecule has 3 rings (SSSR count). The Balaban J connectivity index is 1.65. The first-order chi connectivity index (χ1) is 12.1. The van der Waals surface area contributed by atoms with Crippen LogP contribution in [0.5, 0.6) is 0 Å². The molecule has 0 bridgehead atoms. The van der Waals surface area contributed by atoms with Crippen molar-refractivity contribution in [1.29, 1.82) is 5.26 Å². The molecule has 0 atom stereocenters. The van der Waals surface area contributed by atoms with Crippen LogP contribution in [-0.2, 0) is 0 Å². The highest BCUT2D eigenvalue weighted by molar-refractivity contribution is 6.03. The number of aryl methyl sites for hydroxylation is 1. The van der Waals surface area contributed by atoms with E-state index in [0.29, 0.717) is 16.9 Å². The van der Waals surface area contributed by atoms with Gasteiger partial charge in [-0.25, -0.2) is 4.98 Å². The smallest absolute Gasteiger partial charge is 0.274 e. The third-order valence-corrected chi connectivity index (χ3v) is 3.61. The van der Waals surface area contributed by atoms with Gasteiger partial charge in [0.1, 0.15) is 5.69 Å². The number of nitrogens with one attached hydrogen (secondary N) is 2. The van der Waals surface area contributed by atoms with Crippen LogP contribution >= 0.6 is 0 Å². The Labute approximate surface area is 146 Å². The van der Waals surface area contributed by atoms with Crippen LogP contribution in [0.25, 0.3) is 0 Å². The third-order valence-electron chi connectivity index (χ3n) is 3.61. The molecule has 0 unspecified atom stereocenters. The number of aromatic nitrogens is 1. The molecule has 1 heterocycles. The van der Waals surface area contributed by atoms with Gasteiger partial charge in [-0.3, -0.25) is 4.79 Å². The van der Waals surface area contributed by atoms with Crippen molar-refractivity contribution in [2.24, 2.45) is 0 Å². The summed E-state index contributed by atoms with van der Waals surface area (Å²) in [5, 5.41) is 14.8. The summed E-state index contributed by atoms with van der Waals surface area (Å²) in [5.41, 5.74) is 4.44. The first kappa shape index (κ1) is 16.2. The summed E-state index contributed by atoms with van der Waals surface area (Å²) in [6.07, 6.45) is 1.62. The van der Waals surface area contributed by atoms with Crippen molar-refractivity contribution in [3.8, 4) is 6.07 Å². The predicted octanol–water partition coefficient (Wildman–Crippen LogP) is 4.26. The molecule has 0 aliphatic rings. The lowest BCUT2D eigenvalue weighted by molar-refractivity contribution is 0.102. The van der Waals surface area contributed by atoms with E-state index in [2.05, 4.69) is 15.6 Å². The summed E-state index contributed by atoms with van der Waals surface area (Å²) in [5.74, 6) is -0.299. The van der Waals surface area contributed by atoms with E-state index in [1.165, 1.54) is 5.56 Å². The summed E-state index contributed by atoms with van der Waals surface area (Å²) in [6, 6.07) is 20.2. The summed E-state index contributed by atoms with van der Waals surface area (Å²) in [4.78, 5) is 16.4. The normalized spacial score (nSPS) is 9.92. The molecule has 5 heteroatoms. The zero-order valence-corrected chi connectivity index (χ0v) is 13.7. The fourth-order valence-electron chi connectivity index (χ4n) is 2.23. The van der Waals surface area contributed by atoms with Gasteiger partial charge < -0.3 is 10.6 Å². The number of amides is 1. The average Bonchev–Trinajstić information content (AvgIpc) is 2.65. The molecule has 2 N–H and O–H groups in total. The van der Waals surface area contributed by atoms with Crippen molar-refractivity contribution in [3.63, 3.8) is 0 Å². The fourth-order valence-corrected chi connectivity index (χ4v) is 2.23. The Hall–Kier alpha value is -3.65. The minimum atomic E-state index is -0.299. The monoisotopic (exact) mass is 328 g/mol. The van der Waals surface area contributed by atoms with Crippen molar-refractivity contribution >= 4 is 23.0 Å². The first-order valence-electron chi connectivity index (χ1n) is 7.75. The highest BCUT2D eigenvalue weighted by Crippen LogP contribution is 2.17. The van der Waals surface area contributed by atoms with E-state index in [-0.39, 0.29) is 5.91 Å². The Kier molecular flexibility index (Phi) is 4.72. The van der Waals surface area contributed by atoms with Crippen LogP contribution < -0.4 is 10.6 Å². The molecular formula is C20H16N4O. The van der Waals surface area contributed by atoms with E-state index in [4.69, 9.17) is 5.26 Å². The Morgan fingerprint density at radius 1 is 0.920 bits per heavy atom. The number of carbonyl (C=O) groups excluding carboxylic acids is 1. The van der Waals surface area contributed by atoms with Gasteiger partial charge in [-0.2, -0.15) is 5.26 Å². The SMILES string of the molecule is Cc1ccc(Nc2ccc(C(=O)Nc3ccc(C#N)cc3)nc2)cc1. The van der Waals surface area contributed by atoms with Crippen LogP contribution in [0, 0.1) is 18.3 Å². The fraction of sp³-hybridized carbons (Fsp3) is 0.0500. The molecule has 0 aliphatic heterocycles. The van der Waals surface area contributed by atoms with Crippen molar-refractivity contribution in [2.45, 2.75) is 6.92 Å². The molecule has 0 aliphatic carbocycles. The molecule has 0 saturated heterocycles. The van der Waals surface area contributed by atoms with Gasteiger partial charge in [-0.1, -0.05) is 17.7 Å². The van der Waals surface area contributed by atoms with Crippen LogP contribution in [0.4, 0.5) is 17.1 Å². The van der Waals surface area contributed by atoms with E-state index in [9.17, 15) is 4.79 Å². The van der Waals surface area contributed by atoms with Gasteiger partial charge in [-0.15, -0.1) is 0 Å². The number of nitriles is 1. The minimum absolute atomic E-state index is 0.299. The zero-order valence-electron chi connectivity index (χ0n) is 13.7. The molecule has 122 valence electrons. The summed E-state index contributed by atoms with van der Waals surface area (Å²) in [6.45, 7) is 2.03. The Bertz CT molecular complexity index is 908. The highest BCUT2D eigenvalue weighted by atomic mass is 16.1. The largest absolute Gasteiger partial charge is 0.354 e. The molecule has 0 fully saturated rings. The van der Waals surface area contributed by atoms with E-state index in [1.54, 1.807) is 42.6 Å².